The number of thiazole rings is 1. The van der Waals surface area contributed by atoms with Crippen molar-refractivity contribution in [3.8, 4) is 10.4 Å². The molecule has 4 rings (SSSR count). The van der Waals surface area contributed by atoms with Gasteiger partial charge in [0.05, 0.1) is 29.3 Å². The van der Waals surface area contributed by atoms with Gasteiger partial charge in [0.15, 0.2) is 16.8 Å². The first-order chi connectivity index (χ1) is 15.7. The molecule has 1 aliphatic heterocycles. The van der Waals surface area contributed by atoms with Crippen molar-refractivity contribution in [2.45, 2.75) is 46.4 Å². The Kier molecular flexibility index (Phi) is 6.71. The van der Waals surface area contributed by atoms with E-state index in [1.54, 1.807) is 11.3 Å². The van der Waals surface area contributed by atoms with Crippen LogP contribution in [-0.2, 0) is 11.3 Å². The number of carbonyl (C=O) groups is 1. The van der Waals surface area contributed by atoms with E-state index >= 15 is 0 Å². The molecule has 1 aliphatic rings. The van der Waals surface area contributed by atoms with E-state index in [1.165, 1.54) is 6.07 Å². The van der Waals surface area contributed by atoms with E-state index in [4.69, 9.17) is 9.72 Å². The van der Waals surface area contributed by atoms with Gasteiger partial charge in [-0.2, -0.15) is 0 Å². The van der Waals surface area contributed by atoms with E-state index < -0.39 is 17.5 Å². The predicted octanol–water partition coefficient (Wildman–Crippen LogP) is 4.64. The summed E-state index contributed by atoms with van der Waals surface area (Å²) in [7, 11) is 0. The molecule has 1 aromatic carbocycles. The van der Waals surface area contributed by atoms with E-state index in [-0.39, 0.29) is 24.3 Å². The van der Waals surface area contributed by atoms with Gasteiger partial charge in [0.1, 0.15) is 0 Å². The molecule has 3 heterocycles. The Morgan fingerprint density at radius 2 is 1.76 bits per heavy atom. The van der Waals surface area contributed by atoms with Crippen LogP contribution in [0.5, 0.6) is 0 Å². The summed E-state index contributed by atoms with van der Waals surface area (Å²) in [6.07, 6.45) is 0.172. The Bertz CT molecular complexity index is 1150. The van der Waals surface area contributed by atoms with E-state index in [1.807, 2.05) is 39.8 Å². The second kappa shape index (κ2) is 9.52. The van der Waals surface area contributed by atoms with E-state index in [2.05, 4.69) is 15.2 Å². The Balaban J connectivity index is 1.64. The van der Waals surface area contributed by atoms with E-state index in [9.17, 15) is 13.6 Å². The number of ether oxygens (including phenoxy) is 1. The third-order valence-corrected chi connectivity index (χ3v) is 6.53. The molecule has 3 aromatic rings. The standard InChI is InChI=1S/C24H26F2N4O2S/c1-13-7-18(8-14(2)28-13)22-21(10-27-23(31)17-5-6-19(25)20(26)9-17)29-24(33-22)30-11-15(3)32-16(4)12-30/h5-9,15-16H,10-12H2,1-4H3,(H,27,31)/t15-,16+. The number of hydrogen-bond donors (Lipinski definition) is 1. The molecule has 1 fully saturated rings. The van der Waals surface area contributed by atoms with Crippen molar-refractivity contribution >= 4 is 22.4 Å². The van der Waals surface area contributed by atoms with Crippen LogP contribution in [0.4, 0.5) is 13.9 Å². The van der Waals surface area contributed by atoms with Crippen molar-refractivity contribution in [1.82, 2.24) is 15.3 Å². The third kappa shape index (κ3) is 5.36. The number of nitrogens with zero attached hydrogens (tertiary/aromatic N) is 3. The molecule has 2 aromatic heterocycles. The van der Waals surface area contributed by atoms with Crippen molar-refractivity contribution in [3.63, 3.8) is 0 Å². The zero-order chi connectivity index (χ0) is 23.7. The smallest absolute Gasteiger partial charge is 0.251 e. The molecular formula is C24H26F2N4O2S. The van der Waals surface area contributed by atoms with Crippen LogP contribution in [0.15, 0.2) is 30.3 Å². The summed E-state index contributed by atoms with van der Waals surface area (Å²) in [6, 6.07) is 7.09. The van der Waals surface area contributed by atoms with Gasteiger partial charge in [-0.1, -0.05) is 11.3 Å². The number of halogens is 2. The van der Waals surface area contributed by atoms with Gasteiger partial charge in [0.2, 0.25) is 0 Å². The average molecular weight is 473 g/mol. The fourth-order valence-electron chi connectivity index (χ4n) is 4.02. The molecule has 174 valence electrons. The third-order valence-electron chi connectivity index (χ3n) is 5.32. The monoisotopic (exact) mass is 472 g/mol. The topological polar surface area (TPSA) is 67.3 Å². The van der Waals surface area contributed by atoms with E-state index in [0.29, 0.717) is 5.69 Å². The van der Waals surface area contributed by atoms with Gasteiger partial charge in [-0.15, -0.1) is 0 Å². The number of rotatable bonds is 5. The molecule has 0 spiro atoms. The highest BCUT2D eigenvalue weighted by Crippen LogP contribution is 2.36. The van der Waals surface area contributed by atoms with Crippen molar-refractivity contribution in [1.29, 1.82) is 0 Å². The maximum absolute atomic E-state index is 13.5. The van der Waals surface area contributed by atoms with E-state index in [0.717, 1.165) is 52.2 Å². The van der Waals surface area contributed by atoms with Crippen molar-refractivity contribution < 1.29 is 18.3 Å². The maximum Gasteiger partial charge on any atom is 0.251 e. The predicted molar refractivity (Wildman–Crippen MR) is 125 cm³/mol. The maximum atomic E-state index is 13.5. The second-order valence-electron chi connectivity index (χ2n) is 8.38. The molecule has 6 nitrogen and oxygen atoms in total. The van der Waals surface area contributed by atoms with Crippen LogP contribution in [0.2, 0.25) is 0 Å². The van der Waals surface area contributed by atoms with Gasteiger partial charge < -0.3 is 15.0 Å². The average Bonchev–Trinajstić information content (AvgIpc) is 3.17. The van der Waals surface area contributed by atoms with Crippen molar-refractivity contribution in [3.05, 3.63) is 64.6 Å². The quantitative estimate of drug-likeness (QED) is 0.586. The number of hydrogen-bond acceptors (Lipinski definition) is 6. The number of anilines is 1. The van der Waals surface area contributed by atoms with Crippen LogP contribution in [-0.4, -0.2) is 41.2 Å². The highest BCUT2D eigenvalue weighted by Gasteiger charge is 2.26. The summed E-state index contributed by atoms with van der Waals surface area (Å²) in [4.78, 5) is 25.0. The first-order valence-corrected chi connectivity index (χ1v) is 11.6. The molecular weight excluding hydrogens is 446 g/mol. The number of amides is 1. The molecule has 0 saturated carbocycles. The minimum absolute atomic E-state index is 0.0531. The summed E-state index contributed by atoms with van der Waals surface area (Å²) in [5.41, 5.74) is 3.53. The minimum Gasteiger partial charge on any atom is -0.372 e. The zero-order valence-corrected chi connectivity index (χ0v) is 19.8. The normalized spacial score (nSPS) is 18.4. The Labute approximate surface area is 195 Å². The molecule has 1 N–H and O–H groups in total. The SMILES string of the molecule is Cc1cc(-c2sc(N3C[C@@H](C)O[C@@H](C)C3)nc2CNC(=O)c2ccc(F)c(F)c2)cc(C)n1. The summed E-state index contributed by atoms with van der Waals surface area (Å²) in [6.45, 7) is 9.56. The number of carbonyl (C=O) groups excluding carboxylic acids is 1. The second-order valence-corrected chi connectivity index (χ2v) is 9.36. The number of aromatic nitrogens is 2. The van der Waals surface area contributed by atoms with Gasteiger partial charge >= 0.3 is 0 Å². The van der Waals surface area contributed by atoms with Crippen LogP contribution >= 0.6 is 11.3 Å². The van der Waals surface area contributed by atoms with Crippen LogP contribution in [0.3, 0.4) is 0 Å². The molecule has 0 aliphatic carbocycles. The molecule has 1 amide bonds. The fourth-order valence-corrected chi connectivity index (χ4v) is 5.11. The number of pyridine rings is 1. The lowest BCUT2D eigenvalue weighted by atomic mass is 10.1. The minimum atomic E-state index is -1.06. The Morgan fingerprint density at radius 1 is 1.09 bits per heavy atom. The highest BCUT2D eigenvalue weighted by atomic mass is 32.1. The number of aryl methyl sites for hydroxylation is 2. The van der Waals surface area contributed by atoms with Crippen LogP contribution in [0, 0.1) is 25.5 Å². The lowest BCUT2D eigenvalue weighted by molar-refractivity contribution is -0.00523. The van der Waals surface area contributed by atoms with Crippen LogP contribution in [0.1, 0.15) is 41.3 Å². The summed E-state index contributed by atoms with van der Waals surface area (Å²) >= 11 is 1.56. The summed E-state index contributed by atoms with van der Waals surface area (Å²) in [5.74, 6) is -2.54. The van der Waals surface area contributed by atoms with Gasteiger partial charge in [0, 0.05) is 30.0 Å². The van der Waals surface area contributed by atoms with Crippen LogP contribution in [0.25, 0.3) is 10.4 Å². The molecule has 9 heteroatoms. The molecule has 0 unspecified atom stereocenters. The zero-order valence-electron chi connectivity index (χ0n) is 19.0. The number of morpholine rings is 1. The summed E-state index contributed by atoms with van der Waals surface area (Å²) < 4.78 is 32.6. The lowest BCUT2D eigenvalue weighted by Crippen LogP contribution is -2.45. The Hall–Kier alpha value is -2.91. The van der Waals surface area contributed by atoms with Gasteiger partial charge in [-0.3, -0.25) is 9.78 Å². The number of benzene rings is 1. The van der Waals surface area contributed by atoms with Gasteiger partial charge in [-0.05, 0) is 63.6 Å². The lowest BCUT2D eigenvalue weighted by Gasteiger charge is -2.35. The fraction of sp³-hybridized carbons (Fsp3) is 0.375. The largest absolute Gasteiger partial charge is 0.372 e. The highest BCUT2D eigenvalue weighted by molar-refractivity contribution is 7.19. The molecule has 33 heavy (non-hydrogen) atoms. The molecule has 0 radical (unpaired) electrons. The van der Waals surface area contributed by atoms with Gasteiger partial charge in [-0.25, -0.2) is 13.8 Å². The van der Waals surface area contributed by atoms with Crippen LogP contribution < -0.4 is 10.2 Å². The number of nitrogens with one attached hydrogen (secondary N) is 1. The Morgan fingerprint density at radius 3 is 2.39 bits per heavy atom. The summed E-state index contributed by atoms with van der Waals surface area (Å²) in [5, 5.41) is 3.65. The molecule has 1 saturated heterocycles. The molecule has 0 bridgehead atoms. The van der Waals surface area contributed by atoms with Gasteiger partial charge in [0.25, 0.3) is 5.91 Å². The first kappa shape index (κ1) is 23.3. The van der Waals surface area contributed by atoms with Crippen molar-refractivity contribution in [2.24, 2.45) is 0 Å². The molecule has 2 atom stereocenters. The van der Waals surface area contributed by atoms with Crippen molar-refractivity contribution in [2.75, 3.05) is 18.0 Å². The first-order valence-electron chi connectivity index (χ1n) is 10.8.